The molecule has 0 radical (unpaired) electrons. The predicted octanol–water partition coefficient (Wildman–Crippen LogP) is 3.41. The molecule has 0 heterocycles. The highest BCUT2D eigenvalue weighted by molar-refractivity contribution is 7.90. The standard InChI is InChI=1S/C27H40N4O4S/c1-19(2)16-28-27(33)23(6)30(17-24-13-10-20(3)11-14-24)26(32)18-31(36(34,35)29(7)8)25-15-21(4)9-12-22(25)5/h9-15,19,23H,16-18H2,1-8H3,(H,28,33). The summed E-state index contributed by atoms with van der Waals surface area (Å²) in [5.41, 5.74) is 3.97. The molecule has 2 aromatic carbocycles. The van der Waals surface area contributed by atoms with Gasteiger partial charge in [-0.3, -0.25) is 9.59 Å². The lowest BCUT2D eigenvalue weighted by Gasteiger charge is -2.33. The Balaban J connectivity index is 2.48. The van der Waals surface area contributed by atoms with E-state index in [9.17, 15) is 18.0 Å². The summed E-state index contributed by atoms with van der Waals surface area (Å²) in [6.07, 6.45) is 0. The fraction of sp³-hybridized carbons (Fsp3) is 0.481. The Hall–Kier alpha value is -2.91. The lowest BCUT2D eigenvalue weighted by atomic mass is 10.1. The Morgan fingerprint density at radius 2 is 1.50 bits per heavy atom. The minimum Gasteiger partial charge on any atom is -0.354 e. The molecule has 0 fully saturated rings. The zero-order chi connectivity index (χ0) is 27.2. The van der Waals surface area contributed by atoms with Gasteiger partial charge in [-0.1, -0.05) is 55.8 Å². The van der Waals surface area contributed by atoms with Crippen molar-refractivity contribution in [3.8, 4) is 0 Å². The average molecular weight is 517 g/mol. The van der Waals surface area contributed by atoms with Gasteiger partial charge in [-0.25, -0.2) is 4.31 Å². The van der Waals surface area contributed by atoms with Crippen LogP contribution in [0.15, 0.2) is 42.5 Å². The van der Waals surface area contributed by atoms with Crippen LogP contribution >= 0.6 is 0 Å². The van der Waals surface area contributed by atoms with E-state index in [1.807, 2.05) is 71.0 Å². The number of benzene rings is 2. The van der Waals surface area contributed by atoms with Gasteiger partial charge in [0.15, 0.2) is 0 Å². The van der Waals surface area contributed by atoms with Crippen molar-refractivity contribution in [2.24, 2.45) is 5.92 Å². The van der Waals surface area contributed by atoms with Gasteiger partial charge in [-0.05, 0) is 56.4 Å². The molecule has 36 heavy (non-hydrogen) atoms. The van der Waals surface area contributed by atoms with Crippen LogP contribution in [0.3, 0.4) is 0 Å². The Morgan fingerprint density at radius 1 is 0.917 bits per heavy atom. The van der Waals surface area contributed by atoms with Crippen LogP contribution in [-0.4, -0.2) is 62.7 Å². The van der Waals surface area contributed by atoms with E-state index >= 15 is 0 Å². The van der Waals surface area contributed by atoms with Crippen molar-refractivity contribution in [1.29, 1.82) is 0 Å². The second-order valence-corrected chi connectivity index (χ2v) is 12.0. The third-order valence-electron chi connectivity index (χ3n) is 5.98. The average Bonchev–Trinajstić information content (AvgIpc) is 2.81. The topological polar surface area (TPSA) is 90.0 Å². The molecule has 0 bridgehead atoms. The van der Waals surface area contributed by atoms with Crippen LogP contribution in [0.2, 0.25) is 0 Å². The number of nitrogens with zero attached hydrogens (tertiary/aromatic N) is 3. The molecule has 1 unspecified atom stereocenters. The van der Waals surface area contributed by atoms with Crippen LogP contribution in [0, 0.1) is 26.7 Å². The summed E-state index contributed by atoms with van der Waals surface area (Å²) in [6, 6.07) is 12.4. The molecular weight excluding hydrogens is 476 g/mol. The summed E-state index contributed by atoms with van der Waals surface area (Å²) in [7, 11) is -1.12. The van der Waals surface area contributed by atoms with Gasteiger partial charge in [0.1, 0.15) is 12.6 Å². The van der Waals surface area contributed by atoms with Crippen molar-refractivity contribution >= 4 is 27.7 Å². The number of hydrogen-bond acceptors (Lipinski definition) is 4. The van der Waals surface area contributed by atoms with Crippen molar-refractivity contribution in [3.05, 3.63) is 64.7 Å². The van der Waals surface area contributed by atoms with E-state index in [-0.39, 0.29) is 18.4 Å². The number of carbonyl (C=O) groups is 2. The van der Waals surface area contributed by atoms with Crippen molar-refractivity contribution in [2.45, 2.75) is 54.1 Å². The minimum atomic E-state index is -3.99. The molecule has 198 valence electrons. The third-order valence-corrected chi connectivity index (χ3v) is 7.78. The molecule has 2 amide bonds. The quantitative estimate of drug-likeness (QED) is 0.496. The van der Waals surface area contributed by atoms with Gasteiger partial charge in [-0.2, -0.15) is 12.7 Å². The fourth-order valence-electron chi connectivity index (χ4n) is 3.62. The maximum Gasteiger partial charge on any atom is 0.304 e. The number of anilines is 1. The predicted molar refractivity (Wildman–Crippen MR) is 145 cm³/mol. The zero-order valence-electron chi connectivity index (χ0n) is 22.7. The van der Waals surface area contributed by atoms with Gasteiger partial charge >= 0.3 is 10.2 Å². The Morgan fingerprint density at radius 3 is 2.06 bits per heavy atom. The summed E-state index contributed by atoms with van der Waals surface area (Å²) in [5, 5.41) is 2.89. The lowest BCUT2D eigenvalue weighted by molar-refractivity contribution is -0.139. The second kappa shape index (κ2) is 12.4. The summed E-state index contributed by atoms with van der Waals surface area (Å²) >= 11 is 0. The minimum absolute atomic E-state index is 0.179. The monoisotopic (exact) mass is 516 g/mol. The van der Waals surface area contributed by atoms with Gasteiger partial charge in [0.05, 0.1) is 5.69 Å². The van der Waals surface area contributed by atoms with Gasteiger partial charge in [0.2, 0.25) is 11.8 Å². The third kappa shape index (κ3) is 7.54. The van der Waals surface area contributed by atoms with Gasteiger partial charge in [0.25, 0.3) is 0 Å². The first-order chi connectivity index (χ1) is 16.7. The van der Waals surface area contributed by atoms with Crippen LogP contribution in [0.25, 0.3) is 0 Å². The number of carbonyl (C=O) groups excluding carboxylic acids is 2. The van der Waals surface area contributed by atoms with E-state index in [1.165, 1.54) is 19.0 Å². The van der Waals surface area contributed by atoms with E-state index in [1.54, 1.807) is 13.0 Å². The molecule has 0 aromatic heterocycles. The molecule has 0 saturated heterocycles. The van der Waals surface area contributed by atoms with E-state index in [0.29, 0.717) is 12.2 Å². The molecule has 2 aromatic rings. The molecule has 2 rings (SSSR count). The van der Waals surface area contributed by atoms with Crippen molar-refractivity contribution in [3.63, 3.8) is 0 Å². The molecule has 0 saturated carbocycles. The summed E-state index contributed by atoms with van der Waals surface area (Å²) in [5.74, 6) is -0.487. The number of amides is 2. The first-order valence-corrected chi connectivity index (χ1v) is 13.5. The molecule has 0 spiro atoms. The van der Waals surface area contributed by atoms with Crippen LogP contribution in [-0.2, 0) is 26.3 Å². The zero-order valence-corrected chi connectivity index (χ0v) is 23.5. The largest absolute Gasteiger partial charge is 0.354 e. The molecule has 9 heteroatoms. The molecular formula is C27H40N4O4S. The molecule has 8 nitrogen and oxygen atoms in total. The Kier molecular flexibility index (Phi) is 10.1. The lowest BCUT2D eigenvalue weighted by Crippen LogP contribution is -2.52. The van der Waals surface area contributed by atoms with Crippen molar-refractivity contribution < 1.29 is 18.0 Å². The maximum absolute atomic E-state index is 13.8. The fourth-order valence-corrected chi connectivity index (χ4v) is 4.73. The van der Waals surface area contributed by atoms with Crippen LogP contribution in [0.1, 0.15) is 43.0 Å². The molecule has 0 aliphatic carbocycles. The smallest absolute Gasteiger partial charge is 0.304 e. The van der Waals surface area contributed by atoms with Crippen LogP contribution in [0.5, 0.6) is 0 Å². The van der Waals surface area contributed by atoms with Crippen molar-refractivity contribution in [1.82, 2.24) is 14.5 Å². The van der Waals surface area contributed by atoms with E-state index in [0.717, 1.165) is 30.9 Å². The normalized spacial score (nSPS) is 12.5. The van der Waals surface area contributed by atoms with Crippen molar-refractivity contribution in [2.75, 3.05) is 31.5 Å². The number of aryl methyl sites for hydroxylation is 3. The maximum atomic E-state index is 13.8. The van der Waals surface area contributed by atoms with Gasteiger partial charge in [0, 0.05) is 27.2 Å². The number of hydrogen-bond donors (Lipinski definition) is 1. The first-order valence-electron chi connectivity index (χ1n) is 12.1. The first kappa shape index (κ1) is 29.3. The van der Waals surface area contributed by atoms with Gasteiger partial charge in [-0.15, -0.1) is 0 Å². The summed E-state index contributed by atoms with van der Waals surface area (Å²) < 4.78 is 28.9. The highest BCUT2D eigenvalue weighted by Crippen LogP contribution is 2.26. The second-order valence-electron chi connectivity index (χ2n) is 9.91. The number of rotatable bonds is 11. The highest BCUT2D eigenvalue weighted by atomic mass is 32.2. The SMILES string of the molecule is Cc1ccc(CN(C(=O)CN(c2cc(C)ccc2C)S(=O)(=O)N(C)C)C(C)C(=O)NCC(C)C)cc1. The van der Waals surface area contributed by atoms with E-state index < -0.39 is 28.7 Å². The van der Waals surface area contributed by atoms with Gasteiger partial charge < -0.3 is 10.2 Å². The summed E-state index contributed by atoms with van der Waals surface area (Å²) in [6.45, 7) is 11.5. The summed E-state index contributed by atoms with van der Waals surface area (Å²) in [4.78, 5) is 28.2. The molecule has 0 aliphatic heterocycles. The van der Waals surface area contributed by atoms with Crippen LogP contribution < -0.4 is 9.62 Å². The van der Waals surface area contributed by atoms with E-state index in [2.05, 4.69) is 5.32 Å². The molecule has 0 aliphatic rings. The molecule has 1 N–H and O–H groups in total. The Bertz CT molecular complexity index is 1160. The van der Waals surface area contributed by atoms with Crippen LogP contribution in [0.4, 0.5) is 5.69 Å². The Labute approximate surface area is 216 Å². The highest BCUT2D eigenvalue weighted by Gasteiger charge is 2.33. The molecule has 1 atom stereocenters. The van der Waals surface area contributed by atoms with E-state index in [4.69, 9.17) is 0 Å². The number of nitrogens with one attached hydrogen (secondary N) is 1.